The lowest BCUT2D eigenvalue weighted by Crippen LogP contribution is -2.36. The number of aryl methyl sites for hydroxylation is 1. The zero-order valence-corrected chi connectivity index (χ0v) is 28.2. The number of amides is 5. The standard InChI is InChI=1S/C34H42N8O7/c1-5-41(34(47)49-26-11-9-23(4)10-12-26)21-28-37-39-32(40-38-28)24-7-6-8-25(19-24)36-30(44)14-17-48-18-15-35-29(43)13-16-42-31(45)20-27(22(2)3)33(42)46/h6-12,19,22,27H,5,13-18,20-21H2,1-4H3,(H,35,43)(H,36,44). The summed E-state index contributed by atoms with van der Waals surface area (Å²) in [5.74, 6) is -0.342. The number of hydrogen-bond donors (Lipinski definition) is 2. The Morgan fingerprint density at radius 1 is 0.980 bits per heavy atom. The van der Waals surface area contributed by atoms with Gasteiger partial charge in [-0.1, -0.05) is 43.7 Å². The molecule has 1 saturated heterocycles. The molecule has 1 fully saturated rings. The van der Waals surface area contributed by atoms with Gasteiger partial charge in [-0.3, -0.25) is 24.1 Å². The summed E-state index contributed by atoms with van der Waals surface area (Å²) in [5.41, 5.74) is 2.16. The van der Waals surface area contributed by atoms with Crippen molar-refractivity contribution in [2.24, 2.45) is 11.8 Å². The van der Waals surface area contributed by atoms with Crippen molar-refractivity contribution in [3.63, 3.8) is 0 Å². The molecule has 0 saturated carbocycles. The number of aromatic nitrogens is 4. The predicted molar refractivity (Wildman–Crippen MR) is 178 cm³/mol. The van der Waals surface area contributed by atoms with Crippen LogP contribution in [0.3, 0.4) is 0 Å². The molecule has 3 aromatic rings. The molecule has 0 radical (unpaired) electrons. The third-order valence-electron chi connectivity index (χ3n) is 7.81. The SMILES string of the molecule is CCN(Cc1nnc(-c2cccc(NC(=O)CCOCCNC(=O)CCN3C(=O)CC(C(C)C)C3=O)c2)nn1)C(=O)Oc1ccc(C)cc1. The van der Waals surface area contributed by atoms with E-state index in [1.54, 1.807) is 36.4 Å². The fourth-order valence-electron chi connectivity index (χ4n) is 4.93. The number of imide groups is 1. The molecule has 15 heteroatoms. The first-order chi connectivity index (χ1) is 23.5. The van der Waals surface area contributed by atoms with Gasteiger partial charge in [-0.05, 0) is 44.0 Å². The second-order valence-electron chi connectivity index (χ2n) is 11.9. The predicted octanol–water partition coefficient (Wildman–Crippen LogP) is 3.15. The van der Waals surface area contributed by atoms with E-state index in [-0.39, 0.29) is 99.2 Å². The molecule has 260 valence electrons. The minimum Gasteiger partial charge on any atom is -0.410 e. The molecular formula is C34H42N8O7. The van der Waals surface area contributed by atoms with Gasteiger partial charge in [0.2, 0.25) is 29.5 Å². The Morgan fingerprint density at radius 3 is 2.39 bits per heavy atom. The number of rotatable bonds is 16. The van der Waals surface area contributed by atoms with Gasteiger partial charge in [0.05, 0.1) is 26.2 Å². The third-order valence-corrected chi connectivity index (χ3v) is 7.81. The molecule has 1 aliphatic rings. The zero-order chi connectivity index (χ0) is 35.3. The lowest BCUT2D eigenvalue weighted by Gasteiger charge is -2.18. The molecule has 0 spiro atoms. The molecule has 2 N–H and O–H groups in total. The summed E-state index contributed by atoms with van der Waals surface area (Å²) in [6.45, 7) is 8.62. The summed E-state index contributed by atoms with van der Waals surface area (Å²) in [7, 11) is 0. The van der Waals surface area contributed by atoms with Crippen LogP contribution in [0, 0.1) is 18.8 Å². The average Bonchev–Trinajstić information content (AvgIpc) is 3.38. The molecule has 1 aliphatic heterocycles. The summed E-state index contributed by atoms with van der Waals surface area (Å²) in [6, 6.07) is 14.1. The van der Waals surface area contributed by atoms with Crippen LogP contribution in [-0.4, -0.2) is 92.8 Å². The van der Waals surface area contributed by atoms with E-state index in [4.69, 9.17) is 9.47 Å². The van der Waals surface area contributed by atoms with Crippen molar-refractivity contribution in [3.05, 3.63) is 59.9 Å². The number of benzene rings is 2. The Bertz CT molecular complexity index is 1620. The molecular weight excluding hydrogens is 632 g/mol. The monoisotopic (exact) mass is 674 g/mol. The number of likely N-dealkylation sites (tertiary alicyclic amines) is 1. The van der Waals surface area contributed by atoms with E-state index in [2.05, 4.69) is 31.0 Å². The number of ether oxygens (including phenoxy) is 2. The maximum Gasteiger partial charge on any atom is 0.415 e. The van der Waals surface area contributed by atoms with Gasteiger partial charge >= 0.3 is 6.09 Å². The summed E-state index contributed by atoms with van der Waals surface area (Å²) in [6.07, 6.45) is -0.239. The van der Waals surface area contributed by atoms with Crippen LogP contribution in [0.1, 0.15) is 51.4 Å². The summed E-state index contributed by atoms with van der Waals surface area (Å²) < 4.78 is 10.9. The van der Waals surface area contributed by atoms with Gasteiger partial charge in [0, 0.05) is 49.6 Å². The lowest BCUT2D eigenvalue weighted by molar-refractivity contribution is -0.140. The second kappa shape index (κ2) is 17.7. The fourth-order valence-corrected chi connectivity index (χ4v) is 4.93. The molecule has 4 rings (SSSR count). The molecule has 49 heavy (non-hydrogen) atoms. The van der Waals surface area contributed by atoms with E-state index in [0.29, 0.717) is 23.5 Å². The maximum absolute atomic E-state index is 12.6. The quantitative estimate of drug-likeness (QED) is 0.168. The molecule has 2 aromatic carbocycles. The Hall–Kier alpha value is -5.31. The highest BCUT2D eigenvalue weighted by Gasteiger charge is 2.39. The first-order valence-corrected chi connectivity index (χ1v) is 16.2. The Kier molecular flexibility index (Phi) is 13.2. The van der Waals surface area contributed by atoms with Crippen LogP contribution >= 0.6 is 0 Å². The van der Waals surface area contributed by atoms with Crippen LogP contribution in [0.4, 0.5) is 10.5 Å². The largest absolute Gasteiger partial charge is 0.415 e. The molecule has 1 aromatic heterocycles. The Morgan fingerprint density at radius 2 is 1.71 bits per heavy atom. The van der Waals surface area contributed by atoms with Gasteiger partial charge in [-0.15, -0.1) is 20.4 Å². The van der Waals surface area contributed by atoms with Crippen molar-refractivity contribution in [2.75, 3.05) is 38.2 Å². The van der Waals surface area contributed by atoms with Crippen LogP contribution in [0.2, 0.25) is 0 Å². The van der Waals surface area contributed by atoms with Crippen molar-refractivity contribution in [3.8, 4) is 17.1 Å². The highest BCUT2D eigenvalue weighted by Crippen LogP contribution is 2.26. The van der Waals surface area contributed by atoms with Gasteiger partial charge in [-0.25, -0.2) is 4.79 Å². The van der Waals surface area contributed by atoms with Crippen molar-refractivity contribution in [2.45, 2.75) is 53.5 Å². The van der Waals surface area contributed by atoms with E-state index in [1.807, 2.05) is 39.8 Å². The van der Waals surface area contributed by atoms with Crippen molar-refractivity contribution in [1.29, 1.82) is 0 Å². The number of nitrogens with one attached hydrogen (secondary N) is 2. The second-order valence-corrected chi connectivity index (χ2v) is 11.9. The molecule has 2 heterocycles. The summed E-state index contributed by atoms with van der Waals surface area (Å²) in [4.78, 5) is 64.3. The van der Waals surface area contributed by atoms with Gasteiger partial charge in [0.15, 0.2) is 5.82 Å². The minimum atomic E-state index is -0.540. The maximum atomic E-state index is 12.6. The summed E-state index contributed by atoms with van der Waals surface area (Å²) in [5, 5.41) is 22.0. The molecule has 15 nitrogen and oxygen atoms in total. The molecule has 1 atom stereocenters. The van der Waals surface area contributed by atoms with Crippen LogP contribution in [0.5, 0.6) is 5.75 Å². The van der Waals surface area contributed by atoms with Crippen LogP contribution < -0.4 is 15.4 Å². The van der Waals surface area contributed by atoms with Gasteiger partial charge in [0.25, 0.3) is 0 Å². The normalized spacial score (nSPS) is 14.2. The smallest absolute Gasteiger partial charge is 0.410 e. The van der Waals surface area contributed by atoms with E-state index in [0.717, 1.165) is 5.56 Å². The Balaban J connectivity index is 1.14. The average molecular weight is 675 g/mol. The number of nitrogens with zero attached hydrogens (tertiary/aromatic N) is 6. The van der Waals surface area contributed by atoms with Crippen LogP contribution in [-0.2, 0) is 30.5 Å². The highest BCUT2D eigenvalue weighted by molar-refractivity contribution is 6.03. The molecule has 0 aliphatic carbocycles. The number of carbonyl (C=O) groups is 5. The van der Waals surface area contributed by atoms with Crippen molar-refractivity contribution in [1.82, 2.24) is 35.5 Å². The molecule has 5 amide bonds. The minimum absolute atomic E-state index is 0.0218. The van der Waals surface area contributed by atoms with E-state index in [1.165, 1.54) is 9.80 Å². The summed E-state index contributed by atoms with van der Waals surface area (Å²) >= 11 is 0. The highest BCUT2D eigenvalue weighted by atomic mass is 16.6. The Labute approximate surface area is 284 Å². The van der Waals surface area contributed by atoms with E-state index in [9.17, 15) is 24.0 Å². The fraction of sp³-hybridized carbons (Fsp3) is 0.441. The lowest BCUT2D eigenvalue weighted by atomic mass is 9.94. The topological polar surface area (TPSA) is 186 Å². The van der Waals surface area contributed by atoms with Crippen LogP contribution in [0.15, 0.2) is 48.5 Å². The van der Waals surface area contributed by atoms with E-state index >= 15 is 0 Å². The van der Waals surface area contributed by atoms with Crippen LogP contribution in [0.25, 0.3) is 11.4 Å². The van der Waals surface area contributed by atoms with Gasteiger partial charge in [0.1, 0.15) is 5.75 Å². The zero-order valence-electron chi connectivity index (χ0n) is 28.2. The van der Waals surface area contributed by atoms with Gasteiger partial charge < -0.3 is 25.0 Å². The van der Waals surface area contributed by atoms with Gasteiger partial charge in [-0.2, -0.15) is 0 Å². The molecule has 0 bridgehead atoms. The van der Waals surface area contributed by atoms with Crippen molar-refractivity contribution >= 4 is 35.4 Å². The van der Waals surface area contributed by atoms with E-state index < -0.39 is 6.09 Å². The molecule has 1 unspecified atom stereocenters. The number of carbonyl (C=O) groups excluding carboxylic acids is 5. The van der Waals surface area contributed by atoms with Crippen molar-refractivity contribution < 1.29 is 33.4 Å². The first-order valence-electron chi connectivity index (χ1n) is 16.2. The first kappa shape index (κ1) is 36.5. The third kappa shape index (κ3) is 10.9. The number of anilines is 1. The number of hydrogen-bond acceptors (Lipinski definition) is 11.